The molecular weight excluding hydrogens is 236 g/mol. The van der Waals surface area contributed by atoms with Crippen molar-refractivity contribution < 1.29 is 4.79 Å². The molecule has 0 bridgehead atoms. The van der Waals surface area contributed by atoms with Crippen LogP contribution in [0.15, 0.2) is 24.5 Å². The van der Waals surface area contributed by atoms with Crippen molar-refractivity contribution in [1.29, 1.82) is 0 Å². The summed E-state index contributed by atoms with van der Waals surface area (Å²) in [4.78, 5) is 18.4. The topological polar surface area (TPSA) is 33.2 Å². The molecule has 2 rings (SSSR count). The van der Waals surface area contributed by atoms with Gasteiger partial charge in [-0.05, 0) is 57.5 Å². The van der Waals surface area contributed by atoms with Crippen molar-refractivity contribution in [2.75, 3.05) is 19.6 Å². The molecule has 19 heavy (non-hydrogen) atoms. The first-order valence-electron chi connectivity index (χ1n) is 7.52. The number of nitrogens with zero attached hydrogens (tertiary/aromatic N) is 2. The number of likely N-dealkylation sites (tertiary alicyclic amines) is 1. The van der Waals surface area contributed by atoms with Gasteiger partial charge in [0.1, 0.15) is 0 Å². The highest BCUT2D eigenvalue weighted by molar-refractivity contribution is 5.95. The molecule has 0 radical (unpaired) electrons. The van der Waals surface area contributed by atoms with Crippen molar-refractivity contribution in [3.63, 3.8) is 0 Å². The standard InChI is InChI=1S/C16H24N2O/c19-16(15-8-10-17-11-9-15)7-3-1-4-12-18-13-5-2-6-14-18/h8-11H,1-7,12-14H2. The van der Waals surface area contributed by atoms with E-state index in [1.807, 2.05) is 0 Å². The third-order valence-corrected chi connectivity index (χ3v) is 3.83. The molecule has 1 aliphatic rings. The number of carbonyl (C=O) groups excluding carboxylic acids is 1. The highest BCUT2D eigenvalue weighted by Crippen LogP contribution is 2.11. The van der Waals surface area contributed by atoms with Crippen LogP contribution in [0.5, 0.6) is 0 Å². The lowest BCUT2D eigenvalue weighted by Gasteiger charge is -2.26. The van der Waals surface area contributed by atoms with Crippen molar-refractivity contribution in [3.8, 4) is 0 Å². The van der Waals surface area contributed by atoms with E-state index < -0.39 is 0 Å². The Kier molecular flexibility index (Phi) is 6.02. The molecule has 0 amide bonds. The molecular formula is C16H24N2O. The molecule has 3 heteroatoms. The Balaban J connectivity index is 1.55. The van der Waals surface area contributed by atoms with Gasteiger partial charge in [0.05, 0.1) is 0 Å². The average Bonchev–Trinajstić information content (AvgIpc) is 2.49. The number of carbonyl (C=O) groups is 1. The minimum atomic E-state index is 0.250. The van der Waals surface area contributed by atoms with Crippen molar-refractivity contribution in [3.05, 3.63) is 30.1 Å². The zero-order chi connectivity index (χ0) is 13.3. The summed E-state index contributed by atoms with van der Waals surface area (Å²) in [6.45, 7) is 3.76. The number of ketones is 1. The molecule has 1 aliphatic heterocycles. The second-order valence-electron chi connectivity index (χ2n) is 5.37. The Bertz CT molecular complexity index is 372. The molecule has 0 atom stereocenters. The number of hydrogen-bond acceptors (Lipinski definition) is 3. The molecule has 0 saturated carbocycles. The molecule has 0 aromatic carbocycles. The van der Waals surface area contributed by atoms with Crippen LogP contribution >= 0.6 is 0 Å². The van der Waals surface area contributed by atoms with Crippen molar-refractivity contribution >= 4 is 5.78 Å². The molecule has 3 nitrogen and oxygen atoms in total. The van der Waals surface area contributed by atoms with Crippen LogP contribution in [0.2, 0.25) is 0 Å². The highest BCUT2D eigenvalue weighted by Gasteiger charge is 2.09. The Morgan fingerprint density at radius 1 is 1.05 bits per heavy atom. The fourth-order valence-corrected chi connectivity index (χ4v) is 2.66. The van der Waals surface area contributed by atoms with E-state index in [1.165, 1.54) is 45.3 Å². The van der Waals surface area contributed by atoms with Gasteiger partial charge in [-0.3, -0.25) is 9.78 Å². The van der Waals surface area contributed by atoms with Crippen molar-refractivity contribution in [2.24, 2.45) is 0 Å². The summed E-state index contributed by atoms with van der Waals surface area (Å²) >= 11 is 0. The molecule has 1 fully saturated rings. The van der Waals surface area contributed by atoms with E-state index >= 15 is 0 Å². The molecule has 0 unspecified atom stereocenters. The number of piperidine rings is 1. The summed E-state index contributed by atoms with van der Waals surface area (Å²) in [6, 6.07) is 3.60. The summed E-state index contributed by atoms with van der Waals surface area (Å²) < 4.78 is 0. The first-order valence-corrected chi connectivity index (χ1v) is 7.52. The normalized spacial score (nSPS) is 16.4. The number of aromatic nitrogens is 1. The smallest absolute Gasteiger partial charge is 0.162 e. The van der Waals surface area contributed by atoms with E-state index in [-0.39, 0.29) is 5.78 Å². The number of Topliss-reactive ketones (excluding diaryl/α,β-unsaturated/α-hetero) is 1. The minimum absolute atomic E-state index is 0.250. The maximum Gasteiger partial charge on any atom is 0.162 e. The number of pyridine rings is 1. The van der Waals surface area contributed by atoms with Crippen LogP contribution in [-0.2, 0) is 0 Å². The first kappa shape index (κ1) is 14.2. The predicted octanol–water partition coefficient (Wildman–Crippen LogP) is 3.31. The lowest BCUT2D eigenvalue weighted by atomic mass is 10.1. The number of hydrogen-bond donors (Lipinski definition) is 0. The van der Waals surface area contributed by atoms with E-state index in [1.54, 1.807) is 24.5 Å². The minimum Gasteiger partial charge on any atom is -0.303 e. The van der Waals surface area contributed by atoms with Crippen LogP contribution < -0.4 is 0 Å². The fourth-order valence-electron chi connectivity index (χ4n) is 2.66. The van der Waals surface area contributed by atoms with E-state index in [0.717, 1.165) is 18.4 Å². The quantitative estimate of drug-likeness (QED) is 0.557. The Hall–Kier alpha value is -1.22. The van der Waals surface area contributed by atoms with Gasteiger partial charge in [-0.15, -0.1) is 0 Å². The van der Waals surface area contributed by atoms with Gasteiger partial charge in [-0.1, -0.05) is 12.8 Å². The van der Waals surface area contributed by atoms with Gasteiger partial charge >= 0.3 is 0 Å². The summed E-state index contributed by atoms with van der Waals surface area (Å²) in [5.74, 6) is 0.250. The second kappa shape index (κ2) is 8.05. The van der Waals surface area contributed by atoms with Gasteiger partial charge in [0.2, 0.25) is 0 Å². The van der Waals surface area contributed by atoms with E-state index in [9.17, 15) is 4.79 Å². The third kappa shape index (κ3) is 5.11. The molecule has 0 N–H and O–H groups in total. The van der Waals surface area contributed by atoms with Crippen LogP contribution in [0.3, 0.4) is 0 Å². The monoisotopic (exact) mass is 260 g/mol. The average molecular weight is 260 g/mol. The molecule has 0 spiro atoms. The summed E-state index contributed by atoms with van der Waals surface area (Å²) in [7, 11) is 0. The van der Waals surface area contributed by atoms with E-state index in [0.29, 0.717) is 6.42 Å². The Morgan fingerprint density at radius 2 is 1.79 bits per heavy atom. The summed E-state index contributed by atoms with van der Waals surface area (Å²) in [5, 5.41) is 0. The SMILES string of the molecule is O=C(CCCCCN1CCCCC1)c1ccncc1. The van der Waals surface area contributed by atoms with Gasteiger partial charge < -0.3 is 4.90 Å². The van der Waals surface area contributed by atoms with Gasteiger partial charge in [-0.25, -0.2) is 0 Å². The van der Waals surface area contributed by atoms with Gasteiger partial charge in [0.15, 0.2) is 5.78 Å². The largest absolute Gasteiger partial charge is 0.303 e. The molecule has 1 saturated heterocycles. The maximum absolute atomic E-state index is 11.9. The molecule has 2 heterocycles. The zero-order valence-corrected chi connectivity index (χ0v) is 11.7. The number of rotatable bonds is 7. The third-order valence-electron chi connectivity index (χ3n) is 3.83. The molecule has 104 valence electrons. The van der Waals surface area contributed by atoms with Crippen LogP contribution in [0, 0.1) is 0 Å². The van der Waals surface area contributed by atoms with Crippen LogP contribution in [0.1, 0.15) is 55.3 Å². The Morgan fingerprint density at radius 3 is 2.53 bits per heavy atom. The van der Waals surface area contributed by atoms with Gasteiger partial charge in [0.25, 0.3) is 0 Å². The van der Waals surface area contributed by atoms with Crippen LogP contribution in [-0.4, -0.2) is 35.3 Å². The fraction of sp³-hybridized carbons (Fsp3) is 0.625. The summed E-state index contributed by atoms with van der Waals surface area (Å²) in [6.07, 6.45) is 11.6. The number of unbranched alkanes of at least 4 members (excludes halogenated alkanes) is 2. The zero-order valence-electron chi connectivity index (χ0n) is 11.7. The highest BCUT2D eigenvalue weighted by atomic mass is 16.1. The van der Waals surface area contributed by atoms with Gasteiger partial charge in [0, 0.05) is 24.4 Å². The van der Waals surface area contributed by atoms with E-state index in [4.69, 9.17) is 0 Å². The lowest BCUT2D eigenvalue weighted by molar-refractivity contribution is 0.0978. The van der Waals surface area contributed by atoms with Crippen molar-refractivity contribution in [2.45, 2.75) is 44.9 Å². The summed E-state index contributed by atoms with van der Waals surface area (Å²) in [5.41, 5.74) is 0.797. The van der Waals surface area contributed by atoms with Crippen LogP contribution in [0.25, 0.3) is 0 Å². The molecule has 1 aromatic rings. The second-order valence-corrected chi connectivity index (χ2v) is 5.37. The maximum atomic E-state index is 11.9. The molecule has 1 aromatic heterocycles. The predicted molar refractivity (Wildman–Crippen MR) is 77.3 cm³/mol. The van der Waals surface area contributed by atoms with Gasteiger partial charge in [-0.2, -0.15) is 0 Å². The van der Waals surface area contributed by atoms with Crippen molar-refractivity contribution in [1.82, 2.24) is 9.88 Å². The first-order chi connectivity index (χ1) is 9.36. The van der Waals surface area contributed by atoms with Crippen LogP contribution in [0.4, 0.5) is 0 Å². The lowest BCUT2D eigenvalue weighted by Crippen LogP contribution is -2.30. The Labute approximate surface area is 116 Å². The van der Waals surface area contributed by atoms with E-state index in [2.05, 4.69) is 9.88 Å². The molecule has 0 aliphatic carbocycles.